The molecular weight excluding hydrogens is 391 g/mol. The zero-order valence-electron chi connectivity index (χ0n) is 17.7. The fourth-order valence-corrected chi connectivity index (χ4v) is 3.45. The lowest BCUT2D eigenvalue weighted by molar-refractivity contribution is 0.626. The van der Waals surface area contributed by atoms with E-state index in [-0.39, 0.29) is 5.82 Å². The summed E-state index contributed by atoms with van der Waals surface area (Å²) in [7, 11) is 0. The van der Waals surface area contributed by atoms with Crippen LogP contribution in [0.4, 0.5) is 4.39 Å². The minimum atomic E-state index is -0.328. The van der Waals surface area contributed by atoms with Gasteiger partial charge in [-0.2, -0.15) is 5.10 Å². The van der Waals surface area contributed by atoms with E-state index in [1.807, 2.05) is 38.1 Å². The molecule has 0 saturated heterocycles. The predicted molar refractivity (Wildman–Crippen MR) is 123 cm³/mol. The lowest BCUT2D eigenvalue weighted by Crippen LogP contribution is -2.15. The van der Waals surface area contributed by atoms with Crippen molar-refractivity contribution in [1.29, 1.82) is 0 Å². The van der Waals surface area contributed by atoms with Crippen molar-refractivity contribution in [2.75, 3.05) is 13.1 Å². The van der Waals surface area contributed by atoms with Crippen LogP contribution in [0.15, 0.2) is 48.2 Å². The van der Waals surface area contributed by atoms with Gasteiger partial charge >= 0.3 is 0 Å². The van der Waals surface area contributed by atoms with Crippen molar-refractivity contribution >= 4 is 27.6 Å². The molecule has 6 nitrogen and oxygen atoms in total. The number of nitrogens with one attached hydrogen (secondary N) is 3. The van der Waals surface area contributed by atoms with E-state index in [0.29, 0.717) is 34.8 Å². The summed E-state index contributed by atoms with van der Waals surface area (Å²) in [4.78, 5) is 12.0. The van der Waals surface area contributed by atoms with Crippen LogP contribution in [0.2, 0.25) is 0 Å². The predicted octanol–water partition coefficient (Wildman–Crippen LogP) is 4.60. The summed E-state index contributed by atoms with van der Waals surface area (Å²) >= 11 is 0. The van der Waals surface area contributed by atoms with E-state index < -0.39 is 0 Å². The van der Waals surface area contributed by atoms with E-state index in [0.717, 1.165) is 28.6 Å². The standard InChI is InChI=1S/C24H23FN6/c1-4-8-15(14-26-6-3)11-16(5-2)17-12-18-21(13-19(17)25)30-31-22(18)24-28-20-9-7-10-27-23(20)29-24/h5,7,9-13,26H,6,14H2,1-3H3,(H,30,31)(H,27,28,29)/b15-11+,16-5+. The fourth-order valence-electron chi connectivity index (χ4n) is 3.45. The molecule has 0 amide bonds. The summed E-state index contributed by atoms with van der Waals surface area (Å²) in [6, 6.07) is 7.02. The Kier molecular flexibility index (Phi) is 5.92. The smallest absolute Gasteiger partial charge is 0.178 e. The Bertz CT molecular complexity index is 1330. The van der Waals surface area contributed by atoms with E-state index >= 15 is 4.39 Å². The number of hydrogen-bond acceptors (Lipinski definition) is 4. The molecule has 0 radical (unpaired) electrons. The molecule has 0 fully saturated rings. The van der Waals surface area contributed by atoms with E-state index in [9.17, 15) is 0 Å². The molecule has 0 saturated carbocycles. The molecule has 0 aliphatic carbocycles. The largest absolute Gasteiger partial charge is 0.335 e. The zero-order chi connectivity index (χ0) is 21.8. The Morgan fingerprint density at radius 1 is 1.29 bits per heavy atom. The SMILES string of the molecule is CC#C/C(=C\C(=C/C)c1cc2c(-c3nc4ncccc4[nH]3)n[nH]c2cc1F)CNCC. The quantitative estimate of drug-likeness (QED) is 0.318. The minimum absolute atomic E-state index is 0.328. The van der Waals surface area contributed by atoms with Crippen LogP contribution in [0, 0.1) is 17.7 Å². The maximum atomic E-state index is 15.0. The highest BCUT2D eigenvalue weighted by Gasteiger charge is 2.17. The molecule has 0 aliphatic rings. The average Bonchev–Trinajstić information content (AvgIpc) is 3.38. The molecule has 4 aromatic rings. The fraction of sp³-hybridized carbons (Fsp3) is 0.208. The number of aromatic nitrogens is 5. The van der Waals surface area contributed by atoms with Crippen LogP contribution in [0.5, 0.6) is 0 Å². The molecule has 7 heteroatoms. The lowest BCUT2D eigenvalue weighted by Gasteiger charge is -2.08. The third kappa shape index (κ3) is 4.11. The number of pyridine rings is 1. The maximum Gasteiger partial charge on any atom is 0.178 e. The van der Waals surface area contributed by atoms with Crippen LogP contribution < -0.4 is 5.32 Å². The van der Waals surface area contributed by atoms with Crippen LogP contribution in [0.1, 0.15) is 26.3 Å². The van der Waals surface area contributed by atoms with Gasteiger partial charge in [-0.05, 0) is 50.2 Å². The lowest BCUT2D eigenvalue weighted by atomic mass is 9.99. The molecule has 31 heavy (non-hydrogen) atoms. The number of likely N-dealkylation sites (N-methyl/N-ethyl adjacent to an activating group) is 1. The number of fused-ring (bicyclic) bond motifs is 2. The van der Waals surface area contributed by atoms with Gasteiger partial charge in [-0.25, -0.2) is 14.4 Å². The van der Waals surface area contributed by atoms with Gasteiger partial charge in [0, 0.05) is 35.3 Å². The number of allylic oxidation sites excluding steroid dienone is 3. The topological polar surface area (TPSA) is 82.3 Å². The van der Waals surface area contributed by atoms with Gasteiger partial charge in [-0.15, -0.1) is 5.92 Å². The van der Waals surface area contributed by atoms with Crippen molar-refractivity contribution in [2.45, 2.75) is 20.8 Å². The number of halogens is 1. The monoisotopic (exact) mass is 414 g/mol. The first kappa shape index (κ1) is 20.5. The van der Waals surface area contributed by atoms with Gasteiger partial charge in [-0.3, -0.25) is 5.10 Å². The van der Waals surface area contributed by atoms with Crippen LogP contribution in [0.3, 0.4) is 0 Å². The molecule has 156 valence electrons. The van der Waals surface area contributed by atoms with E-state index in [1.54, 1.807) is 19.2 Å². The van der Waals surface area contributed by atoms with Crippen molar-refractivity contribution in [3.05, 3.63) is 59.6 Å². The first-order valence-electron chi connectivity index (χ1n) is 10.1. The van der Waals surface area contributed by atoms with Crippen molar-refractivity contribution < 1.29 is 4.39 Å². The Labute approximate surface area is 179 Å². The number of H-pyrrole nitrogens is 2. The van der Waals surface area contributed by atoms with Crippen LogP contribution in [-0.2, 0) is 0 Å². The normalized spacial score (nSPS) is 12.4. The number of hydrogen-bond donors (Lipinski definition) is 3. The summed E-state index contributed by atoms with van der Waals surface area (Å²) in [5, 5.41) is 11.3. The first-order chi connectivity index (χ1) is 15.1. The van der Waals surface area contributed by atoms with Crippen molar-refractivity contribution in [3.8, 4) is 23.4 Å². The number of imidazole rings is 1. The third-order valence-corrected chi connectivity index (χ3v) is 4.93. The molecule has 0 aliphatic heterocycles. The number of aromatic amines is 2. The second kappa shape index (κ2) is 8.94. The molecular formula is C24H23FN6. The highest BCUT2D eigenvalue weighted by atomic mass is 19.1. The third-order valence-electron chi connectivity index (χ3n) is 4.93. The average molecular weight is 414 g/mol. The first-order valence-corrected chi connectivity index (χ1v) is 10.1. The molecule has 1 aromatic carbocycles. The molecule has 3 aromatic heterocycles. The second-order valence-corrected chi connectivity index (χ2v) is 6.98. The summed E-state index contributed by atoms with van der Waals surface area (Å²) in [6.45, 7) is 7.18. The highest BCUT2D eigenvalue weighted by molar-refractivity contribution is 5.95. The number of nitrogens with zero attached hydrogens (tertiary/aromatic N) is 3. The summed E-state index contributed by atoms with van der Waals surface area (Å²) < 4.78 is 15.0. The van der Waals surface area contributed by atoms with Gasteiger partial charge in [0.25, 0.3) is 0 Å². The highest BCUT2D eigenvalue weighted by Crippen LogP contribution is 2.31. The Morgan fingerprint density at radius 2 is 2.16 bits per heavy atom. The van der Waals surface area contributed by atoms with Crippen LogP contribution in [-0.4, -0.2) is 38.2 Å². The second-order valence-electron chi connectivity index (χ2n) is 6.98. The number of rotatable bonds is 6. The molecule has 0 bridgehead atoms. The van der Waals surface area contributed by atoms with Crippen molar-refractivity contribution in [1.82, 2.24) is 30.5 Å². The Hall–Kier alpha value is -3.76. The molecule has 0 atom stereocenters. The van der Waals surface area contributed by atoms with Gasteiger partial charge < -0.3 is 10.3 Å². The summed E-state index contributed by atoms with van der Waals surface area (Å²) in [5.74, 6) is 6.28. The summed E-state index contributed by atoms with van der Waals surface area (Å²) in [5.41, 5.74) is 4.79. The van der Waals surface area contributed by atoms with Gasteiger partial charge in [0.05, 0.1) is 11.0 Å². The molecule has 0 spiro atoms. The Morgan fingerprint density at radius 3 is 2.90 bits per heavy atom. The van der Waals surface area contributed by atoms with Crippen molar-refractivity contribution in [2.24, 2.45) is 0 Å². The molecule has 3 heterocycles. The van der Waals surface area contributed by atoms with E-state index in [2.05, 4.69) is 42.3 Å². The maximum absolute atomic E-state index is 15.0. The number of benzene rings is 1. The van der Waals surface area contributed by atoms with E-state index in [1.165, 1.54) is 6.07 Å². The molecule has 0 unspecified atom stereocenters. The van der Waals surface area contributed by atoms with Crippen molar-refractivity contribution in [3.63, 3.8) is 0 Å². The van der Waals surface area contributed by atoms with Gasteiger partial charge in [0.2, 0.25) is 0 Å². The molecule has 4 rings (SSSR count). The van der Waals surface area contributed by atoms with Crippen LogP contribution >= 0.6 is 0 Å². The molecule has 3 N–H and O–H groups in total. The van der Waals surface area contributed by atoms with Gasteiger partial charge in [0.1, 0.15) is 11.5 Å². The van der Waals surface area contributed by atoms with Gasteiger partial charge in [-0.1, -0.05) is 18.9 Å². The zero-order valence-corrected chi connectivity index (χ0v) is 17.7. The summed E-state index contributed by atoms with van der Waals surface area (Å²) in [6.07, 6.45) is 5.50. The van der Waals surface area contributed by atoms with Gasteiger partial charge in [0.15, 0.2) is 11.5 Å². The van der Waals surface area contributed by atoms with E-state index in [4.69, 9.17) is 0 Å². The Balaban J connectivity index is 1.82. The van der Waals surface area contributed by atoms with Crippen LogP contribution in [0.25, 0.3) is 39.2 Å². The minimum Gasteiger partial charge on any atom is -0.335 e.